The highest BCUT2D eigenvalue weighted by Crippen LogP contribution is 2.59. The van der Waals surface area contributed by atoms with Gasteiger partial charge in [0.25, 0.3) is 5.91 Å². The van der Waals surface area contributed by atoms with Gasteiger partial charge in [0.2, 0.25) is 0 Å². The molecule has 0 aromatic carbocycles. The number of rotatable bonds is 5. The molecule has 1 spiro atoms. The minimum Gasteiger partial charge on any atom is -0.317 e. The van der Waals surface area contributed by atoms with Gasteiger partial charge in [-0.3, -0.25) is 14.2 Å². The standard InChI is InChI=1S/C14H22N4O7S/c19-12(16-24-9-1-5-15-6-2-9)10-7-14(3-4-14)11-8-17(10)13(20)18(11)25-26(21,22)23/h9-11,15H,1-8H2,(H,16,19)(H,21,22,23)/t10-,11-/m0/s1. The first kappa shape index (κ1) is 17.9. The van der Waals surface area contributed by atoms with Gasteiger partial charge in [-0.15, -0.1) is 4.28 Å². The smallest absolute Gasteiger partial charge is 0.317 e. The Hall–Kier alpha value is -1.47. The summed E-state index contributed by atoms with van der Waals surface area (Å²) in [7, 11) is -4.82. The van der Waals surface area contributed by atoms with E-state index in [1.165, 1.54) is 4.90 Å². The molecule has 3 heterocycles. The number of hydroxylamine groups is 3. The fourth-order valence-corrected chi connectivity index (χ4v) is 4.54. The second kappa shape index (κ2) is 6.30. The minimum atomic E-state index is -4.82. The number of carbonyl (C=O) groups excluding carboxylic acids is 2. The monoisotopic (exact) mass is 390 g/mol. The van der Waals surface area contributed by atoms with E-state index in [1.807, 2.05) is 0 Å². The van der Waals surface area contributed by atoms with Crippen molar-refractivity contribution in [2.45, 2.75) is 50.3 Å². The second-order valence-electron chi connectivity index (χ2n) is 7.39. The number of urea groups is 1. The van der Waals surface area contributed by atoms with Gasteiger partial charge in [0.1, 0.15) is 6.04 Å². The molecule has 3 saturated heterocycles. The summed E-state index contributed by atoms with van der Waals surface area (Å²) in [4.78, 5) is 31.9. The Morgan fingerprint density at radius 2 is 2.00 bits per heavy atom. The van der Waals surface area contributed by atoms with Crippen LogP contribution in [0.4, 0.5) is 4.79 Å². The molecular formula is C14H22N4O7S. The van der Waals surface area contributed by atoms with Crippen LogP contribution >= 0.6 is 0 Å². The maximum absolute atomic E-state index is 12.6. The van der Waals surface area contributed by atoms with Crippen LogP contribution in [0.2, 0.25) is 0 Å². The molecule has 2 atom stereocenters. The van der Waals surface area contributed by atoms with E-state index >= 15 is 0 Å². The summed E-state index contributed by atoms with van der Waals surface area (Å²) in [6.45, 7) is 1.82. The molecule has 0 aromatic rings. The Bertz CT molecular complexity index is 704. The quantitative estimate of drug-likeness (QED) is 0.409. The van der Waals surface area contributed by atoms with E-state index in [0.29, 0.717) is 11.5 Å². The summed E-state index contributed by atoms with van der Waals surface area (Å²) in [5.74, 6) is -0.421. The summed E-state index contributed by atoms with van der Waals surface area (Å²) >= 11 is 0. The molecule has 146 valence electrons. The normalized spacial score (nSPS) is 30.7. The van der Waals surface area contributed by atoms with Crippen LogP contribution in [0.15, 0.2) is 0 Å². The van der Waals surface area contributed by atoms with Crippen molar-refractivity contribution in [3.05, 3.63) is 0 Å². The molecule has 0 unspecified atom stereocenters. The molecule has 12 heteroatoms. The molecule has 4 rings (SSSR count). The third kappa shape index (κ3) is 3.27. The van der Waals surface area contributed by atoms with Crippen molar-refractivity contribution < 1.29 is 31.7 Å². The van der Waals surface area contributed by atoms with Gasteiger partial charge in [-0.05, 0) is 50.6 Å². The average molecular weight is 390 g/mol. The van der Waals surface area contributed by atoms with Crippen molar-refractivity contribution in [3.63, 3.8) is 0 Å². The highest BCUT2D eigenvalue weighted by Gasteiger charge is 2.65. The van der Waals surface area contributed by atoms with Crippen molar-refractivity contribution >= 4 is 22.3 Å². The maximum Gasteiger partial charge on any atom is 0.418 e. The lowest BCUT2D eigenvalue weighted by molar-refractivity contribution is -0.146. The number of piperidine rings is 2. The number of nitrogens with one attached hydrogen (secondary N) is 2. The van der Waals surface area contributed by atoms with Crippen molar-refractivity contribution in [1.82, 2.24) is 20.8 Å². The Morgan fingerprint density at radius 3 is 2.62 bits per heavy atom. The molecule has 4 fully saturated rings. The van der Waals surface area contributed by atoms with Crippen LogP contribution in [0.3, 0.4) is 0 Å². The van der Waals surface area contributed by atoms with Crippen LogP contribution in [-0.4, -0.2) is 72.7 Å². The number of hydrogen-bond acceptors (Lipinski definition) is 7. The molecule has 26 heavy (non-hydrogen) atoms. The molecule has 11 nitrogen and oxygen atoms in total. The lowest BCUT2D eigenvalue weighted by atomic mass is 9.85. The third-order valence-corrected chi connectivity index (χ3v) is 6.10. The van der Waals surface area contributed by atoms with E-state index in [9.17, 15) is 18.0 Å². The first-order chi connectivity index (χ1) is 12.3. The second-order valence-corrected chi connectivity index (χ2v) is 8.40. The van der Waals surface area contributed by atoms with Gasteiger partial charge in [0, 0.05) is 6.54 Å². The fraction of sp³-hybridized carbons (Fsp3) is 0.857. The Morgan fingerprint density at radius 1 is 1.31 bits per heavy atom. The minimum absolute atomic E-state index is 0.0694. The average Bonchev–Trinajstić information content (AvgIpc) is 3.31. The highest BCUT2D eigenvalue weighted by molar-refractivity contribution is 7.80. The molecule has 3 N–H and O–H groups in total. The van der Waals surface area contributed by atoms with E-state index in [-0.39, 0.29) is 18.1 Å². The van der Waals surface area contributed by atoms with Crippen LogP contribution in [0.1, 0.15) is 32.1 Å². The number of nitrogens with zero attached hydrogens (tertiary/aromatic N) is 2. The van der Waals surface area contributed by atoms with Crippen molar-refractivity contribution in [3.8, 4) is 0 Å². The zero-order valence-corrected chi connectivity index (χ0v) is 14.9. The zero-order chi connectivity index (χ0) is 18.5. The van der Waals surface area contributed by atoms with E-state index in [4.69, 9.17) is 9.39 Å². The Kier molecular flexibility index (Phi) is 4.34. The van der Waals surface area contributed by atoms with Crippen LogP contribution in [-0.2, 0) is 24.3 Å². The Labute approximate surface area is 150 Å². The summed E-state index contributed by atoms with van der Waals surface area (Å²) in [6, 6.07) is -1.98. The summed E-state index contributed by atoms with van der Waals surface area (Å²) in [6.07, 6.45) is 3.45. The summed E-state index contributed by atoms with van der Waals surface area (Å²) < 4.78 is 35.6. The van der Waals surface area contributed by atoms with Crippen LogP contribution in [0.5, 0.6) is 0 Å². The van der Waals surface area contributed by atoms with Gasteiger partial charge in [-0.25, -0.2) is 10.3 Å². The number of carbonyl (C=O) groups is 2. The van der Waals surface area contributed by atoms with Gasteiger partial charge in [0.05, 0.1) is 12.1 Å². The lowest BCUT2D eigenvalue weighted by Crippen LogP contribution is -2.53. The maximum atomic E-state index is 12.6. The molecule has 4 aliphatic rings. The molecule has 0 aromatic heterocycles. The third-order valence-electron chi connectivity index (χ3n) is 5.75. The largest absolute Gasteiger partial charge is 0.418 e. The lowest BCUT2D eigenvalue weighted by Gasteiger charge is -2.35. The van der Waals surface area contributed by atoms with E-state index in [1.54, 1.807) is 0 Å². The summed E-state index contributed by atoms with van der Waals surface area (Å²) in [5, 5.41) is 3.90. The van der Waals surface area contributed by atoms with Crippen molar-refractivity contribution in [2.24, 2.45) is 5.41 Å². The van der Waals surface area contributed by atoms with Gasteiger partial charge >= 0.3 is 16.4 Å². The molecule has 3 amide bonds. The Balaban J connectivity index is 1.45. The zero-order valence-electron chi connectivity index (χ0n) is 14.1. The molecule has 2 bridgehead atoms. The fourth-order valence-electron chi connectivity index (χ4n) is 4.17. The van der Waals surface area contributed by atoms with Crippen molar-refractivity contribution in [2.75, 3.05) is 19.6 Å². The highest BCUT2D eigenvalue weighted by atomic mass is 32.3. The first-order valence-corrected chi connectivity index (χ1v) is 10.1. The molecule has 1 aliphatic carbocycles. The van der Waals surface area contributed by atoms with Crippen molar-refractivity contribution in [1.29, 1.82) is 0 Å². The predicted molar refractivity (Wildman–Crippen MR) is 85.6 cm³/mol. The van der Waals surface area contributed by atoms with Gasteiger partial charge in [-0.1, -0.05) is 0 Å². The number of fused-ring (bicyclic) bond motifs is 3. The summed E-state index contributed by atoms with van der Waals surface area (Å²) in [5.41, 5.74) is 2.11. The van der Waals surface area contributed by atoms with E-state index in [2.05, 4.69) is 15.1 Å². The number of hydrogen-bond donors (Lipinski definition) is 3. The van der Waals surface area contributed by atoms with E-state index < -0.39 is 34.4 Å². The topological polar surface area (TPSA) is 138 Å². The SMILES string of the molecule is O=C(NOC1CCNCC1)[C@@H]1CC2(CC2)[C@@H]2CN1C(=O)N2OS(=O)(=O)O. The van der Waals surface area contributed by atoms with E-state index in [0.717, 1.165) is 38.8 Å². The first-order valence-electron chi connectivity index (χ1n) is 8.72. The van der Waals surface area contributed by atoms with Gasteiger partial charge < -0.3 is 10.2 Å². The molecular weight excluding hydrogens is 368 g/mol. The van der Waals surface area contributed by atoms with Crippen LogP contribution < -0.4 is 10.8 Å². The molecule has 0 radical (unpaired) electrons. The van der Waals surface area contributed by atoms with Crippen LogP contribution in [0, 0.1) is 5.41 Å². The number of amides is 3. The predicted octanol–water partition coefficient (Wildman–Crippen LogP) is -0.821. The molecule has 3 aliphatic heterocycles. The molecule has 1 saturated carbocycles. The van der Waals surface area contributed by atoms with Crippen LogP contribution in [0.25, 0.3) is 0 Å². The van der Waals surface area contributed by atoms with Gasteiger partial charge in [-0.2, -0.15) is 13.5 Å². The van der Waals surface area contributed by atoms with Gasteiger partial charge in [0.15, 0.2) is 0 Å².